The van der Waals surface area contributed by atoms with Crippen LogP contribution in [0.1, 0.15) is 50.9 Å². The molecule has 5 nitrogen and oxygen atoms in total. The molecule has 0 saturated heterocycles. The SMILES string of the molecule is CCC(CCS(=O)(=O)NC(C)(C)C)OC(=O)c1ccccc1. The molecule has 124 valence electrons. The summed E-state index contributed by atoms with van der Waals surface area (Å²) in [6.07, 6.45) is 0.439. The first-order chi connectivity index (χ1) is 10.1. The lowest BCUT2D eigenvalue weighted by Gasteiger charge is -2.22. The Morgan fingerprint density at radius 2 is 1.82 bits per heavy atom. The Bertz CT molecular complexity index is 576. The van der Waals surface area contributed by atoms with Crippen LogP contribution >= 0.6 is 0 Å². The Morgan fingerprint density at radius 1 is 1.23 bits per heavy atom. The summed E-state index contributed by atoms with van der Waals surface area (Å²) in [6, 6.07) is 8.68. The van der Waals surface area contributed by atoms with Crippen LogP contribution in [-0.2, 0) is 14.8 Å². The average molecular weight is 327 g/mol. The molecule has 0 aliphatic carbocycles. The monoisotopic (exact) mass is 327 g/mol. The van der Waals surface area contributed by atoms with Crippen LogP contribution in [0.15, 0.2) is 30.3 Å². The molecule has 0 amide bonds. The summed E-state index contributed by atoms with van der Waals surface area (Å²) in [6.45, 7) is 7.23. The number of ether oxygens (including phenoxy) is 1. The Hall–Kier alpha value is -1.40. The quantitative estimate of drug-likeness (QED) is 0.782. The van der Waals surface area contributed by atoms with E-state index in [4.69, 9.17) is 4.74 Å². The topological polar surface area (TPSA) is 72.5 Å². The van der Waals surface area contributed by atoms with Gasteiger partial charge in [0.15, 0.2) is 0 Å². The fourth-order valence-corrected chi connectivity index (χ4v) is 3.55. The number of carbonyl (C=O) groups excluding carboxylic acids is 1. The molecule has 0 heterocycles. The number of nitrogens with one attached hydrogen (secondary N) is 1. The minimum Gasteiger partial charge on any atom is -0.459 e. The maximum absolute atomic E-state index is 12.0. The maximum Gasteiger partial charge on any atom is 0.338 e. The molecule has 0 saturated carbocycles. The van der Waals surface area contributed by atoms with Crippen LogP contribution in [0.25, 0.3) is 0 Å². The van der Waals surface area contributed by atoms with Gasteiger partial charge < -0.3 is 4.74 Å². The molecule has 0 aromatic heterocycles. The largest absolute Gasteiger partial charge is 0.459 e. The summed E-state index contributed by atoms with van der Waals surface area (Å²) in [5.41, 5.74) is -0.0435. The van der Waals surface area contributed by atoms with Crippen molar-refractivity contribution in [2.24, 2.45) is 0 Å². The van der Waals surface area contributed by atoms with Crippen molar-refractivity contribution in [3.05, 3.63) is 35.9 Å². The van der Waals surface area contributed by atoms with Crippen LogP contribution in [0.2, 0.25) is 0 Å². The van der Waals surface area contributed by atoms with E-state index in [1.165, 1.54) is 0 Å². The molecule has 0 fully saturated rings. The van der Waals surface area contributed by atoms with E-state index in [0.29, 0.717) is 12.0 Å². The highest BCUT2D eigenvalue weighted by Crippen LogP contribution is 2.11. The first-order valence-corrected chi connectivity index (χ1v) is 9.06. The number of benzene rings is 1. The van der Waals surface area contributed by atoms with Crippen LogP contribution in [0.5, 0.6) is 0 Å². The summed E-state index contributed by atoms with van der Waals surface area (Å²) >= 11 is 0. The van der Waals surface area contributed by atoms with E-state index in [2.05, 4.69) is 4.72 Å². The molecule has 0 bridgehead atoms. The van der Waals surface area contributed by atoms with Gasteiger partial charge in [-0.15, -0.1) is 0 Å². The number of sulfonamides is 1. The highest BCUT2D eigenvalue weighted by molar-refractivity contribution is 7.89. The third-order valence-electron chi connectivity index (χ3n) is 2.91. The molecule has 0 radical (unpaired) electrons. The van der Waals surface area contributed by atoms with E-state index in [1.54, 1.807) is 45.0 Å². The molecule has 6 heteroatoms. The van der Waals surface area contributed by atoms with E-state index in [0.717, 1.165) is 0 Å². The second-order valence-electron chi connectivity index (χ2n) is 6.26. The summed E-state index contributed by atoms with van der Waals surface area (Å²) < 4.78 is 31.9. The number of carbonyl (C=O) groups is 1. The van der Waals surface area contributed by atoms with E-state index >= 15 is 0 Å². The lowest BCUT2D eigenvalue weighted by atomic mass is 10.1. The molecule has 0 aliphatic rings. The van der Waals surface area contributed by atoms with E-state index in [9.17, 15) is 13.2 Å². The fraction of sp³-hybridized carbons (Fsp3) is 0.562. The molecule has 1 unspecified atom stereocenters. The van der Waals surface area contributed by atoms with Gasteiger partial charge in [0, 0.05) is 5.54 Å². The summed E-state index contributed by atoms with van der Waals surface area (Å²) in [7, 11) is -3.39. The maximum atomic E-state index is 12.0. The molecule has 0 aliphatic heterocycles. The molecule has 1 N–H and O–H groups in total. The van der Waals surface area contributed by atoms with Crippen LogP contribution in [-0.4, -0.2) is 31.8 Å². The Labute approximate surface area is 133 Å². The van der Waals surface area contributed by atoms with Crippen molar-refractivity contribution >= 4 is 16.0 Å². The number of esters is 1. The third kappa shape index (κ3) is 7.04. The van der Waals surface area contributed by atoms with Gasteiger partial charge in [0.2, 0.25) is 10.0 Å². The van der Waals surface area contributed by atoms with E-state index < -0.39 is 27.6 Å². The van der Waals surface area contributed by atoms with Gasteiger partial charge in [-0.2, -0.15) is 0 Å². The van der Waals surface area contributed by atoms with Crippen molar-refractivity contribution in [1.29, 1.82) is 0 Å². The first kappa shape index (κ1) is 18.6. The first-order valence-electron chi connectivity index (χ1n) is 7.40. The Balaban J connectivity index is 2.57. The molecule has 1 aromatic carbocycles. The Kier molecular flexibility index (Phi) is 6.56. The summed E-state index contributed by atoms with van der Waals surface area (Å²) in [5, 5.41) is 0. The third-order valence-corrected chi connectivity index (χ3v) is 4.61. The zero-order valence-electron chi connectivity index (χ0n) is 13.6. The zero-order chi connectivity index (χ0) is 16.8. The van der Waals surface area contributed by atoms with Crippen LogP contribution in [0.3, 0.4) is 0 Å². The minimum atomic E-state index is -3.39. The predicted octanol–water partition coefficient (Wildman–Crippen LogP) is 2.73. The van der Waals surface area contributed by atoms with Crippen LogP contribution in [0, 0.1) is 0 Å². The van der Waals surface area contributed by atoms with Gasteiger partial charge in [0.1, 0.15) is 6.10 Å². The van der Waals surface area contributed by atoms with E-state index in [-0.39, 0.29) is 12.2 Å². The smallest absolute Gasteiger partial charge is 0.338 e. The predicted molar refractivity (Wildman–Crippen MR) is 87.2 cm³/mol. The van der Waals surface area contributed by atoms with Gasteiger partial charge in [0.25, 0.3) is 0 Å². The number of hydrogen-bond donors (Lipinski definition) is 1. The van der Waals surface area contributed by atoms with Crippen molar-refractivity contribution < 1.29 is 17.9 Å². The average Bonchev–Trinajstić information content (AvgIpc) is 2.41. The molecule has 1 aromatic rings. The van der Waals surface area contributed by atoms with Gasteiger partial charge in [-0.05, 0) is 45.7 Å². The molecular formula is C16H25NO4S. The summed E-state index contributed by atoms with van der Waals surface area (Å²) in [4.78, 5) is 12.0. The minimum absolute atomic E-state index is 0.0646. The van der Waals surface area contributed by atoms with Crippen molar-refractivity contribution in [2.75, 3.05) is 5.75 Å². The van der Waals surface area contributed by atoms with Crippen LogP contribution in [0.4, 0.5) is 0 Å². The van der Waals surface area contributed by atoms with Gasteiger partial charge in [0.05, 0.1) is 11.3 Å². The van der Waals surface area contributed by atoms with Gasteiger partial charge in [-0.25, -0.2) is 17.9 Å². The second kappa shape index (κ2) is 7.74. The lowest BCUT2D eigenvalue weighted by molar-refractivity contribution is 0.0285. The normalized spacial score (nSPS) is 13.6. The Morgan fingerprint density at radius 3 is 2.32 bits per heavy atom. The standard InChI is InChI=1S/C16H25NO4S/c1-5-14(11-12-22(19,20)17-16(2,3)4)21-15(18)13-9-7-6-8-10-13/h6-10,14,17H,5,11-12H2,1-4H3. The molecule has 0 spiro atoms. The van der Waals surface area contributed by atoms with Gasteiger partial charge >= 0.3 is 5.97 Å². The zero-order valence-corrected chi connectivity index (χ0v) is 14.4. The van der Waals surface area contributed by atoms with E-state index in [1.807, 2.05) is 13.0 Å². The summed E-state index contributed by atoms with van der Waals surface area (Å²) in [5.74, 6) is -0.487. The number of rotatable bonds is 7. The van der Waals surface area contributed by atoms with Crippen molar-refractivity contribution in [1.82, 2.24) is 4.72 Å². The molecule has 1 atom stereocenters. The van der Waals surface area contributed by atoms with Crippen LogP contribution < -0.4 is 4.72 Å². The van der Waals surface area contributed by atoms with Gasteiger partial charge in [-0.1, -0.05) is 25.1 Å². The molecule has 1 rings (SSSR count). The van der Waals surface area contributed by atoms with Crippen molar-refractivity contribution in [3.8, 4) is 0 Å². The van der Waals surface area contributed by atoms with Crippen molar-refractivity contribution in [3.63, 3.8) is 0 Å². The van der Waals surface area contributed by atoms with Gasteiger partial charge in [-0.3, -0.25) is 0 Å². The molecular weight excluding hydrogens is 302 g/mol. The lowest BCUT2D eigenvalue weighted by Crippen LogP contribution is -2.42. The number of hydrogen-bond acceptors (Lipinski definition) is 4. The molecule has 22 heavy (non-hydrogen) atoms. The highest BCUT2D eigenvalue weighted by atomic mass is 32.2. The van der Waals surface area contributed by atoms with Crippen molar-refractivity contribution in [2.45, 2.75) is 52.2 Å². The highest BCUT2D eigenvalue weighted by Gasteiger charge is 2.22. The second-order valence-corrected chi connectivity index (χ2v) is 8.10. The fourth-order valence-electron chi connectivity index (χ4n) is 1.94.